The third-order valence-corrected chi connectivity index (χ3v) is 4.52. The maximum Gasteiger partial charge on any atom is 0.166 e. The number of aliphatic hydroxyl groups excluding tert-OH is 4. The van der Waals surface area contributed by atoms with Gasteiger partial charge in [-0.1, -0.05) is 30.3 Å². The van der Waals surface area contributed by atoms with E-state index in [0.29, 0.717) is 22.4 Å². The van der Waals surface area contributed by atoms with Crippen LogP contribution in [0.3, 0.4) is 0 Å². The zero-order valence-electron chi connectivity index (χ0n) is 14.1. The summed E-state index contributed by atoms with van der Waals surface area (Å²) in [6.07, 6.45) is -0.106. The first-order valence-corrected chi connectivity index (χ1v) is 8.36. The number of fused-ring (bicyclic) bond motifs is 1. The lowest BCUT2D eigenvalue weighted by atomic mass is 10.1. The molecular formula is C18H18N4O5. The van der Waals surface area contributed by atoms with Gasteiger partial charge in [0, 0.05) is 11.6 Å². The molecule has 3 aromatic rings. The standard InChI is InChI=1S/C18H18N4O5/c23-7-13-15(25)16(26)18(27-13)22-9-21-14-11(19-8-20-17(14)22)6-12(24)10-4-2-1-3-5-10/h1-6,8-9,13,15-16,18,23-26H,7H2/t13-,15-,16+,18-/m0/s1. The number of benzene rings is 1. The molecule has 0 spiro atoms. The number of hydrogen-bond acceptors (Lipinski definition) is 8. The van der Waals surface area contributed by atoms with E-state index in [9.17, 15) is 20.4 Å². The third kappa shape index (κ3) is 3.06. The van der Waals surface area contributed by atoms with Crippen LogP contribution in [0.15, 0.2) is 43.0 Å². The highest BCUT2D eigenvalue weighted by Crippen LogP contribution is 2.31. The summed E-state index contributed by atoms with van der Waals surface area (Å²) in [4.78, 5) is 12.6. The van der Waals surface area contributed by atoms with E-state index in [1.165, 1.54) is 23.3 Å². The average molecular weight is 370 g/mol. The first-order chi connectivity index (χ1) is 13.1. The molecule has 0 bridgehead atoms. The van der Waals surface area contributed by atoms with Crippen molar-refractivity contribution in [3.8, 4) is 0 Å². The molecule has 9 heteroatoms. The molecule has 1 aliphatic rings. The van der Waals surface area contributed by atoms with Crippen molar-refractivity contribution in [2.45, 2.75) is 24.5 Å². The van der Waals surface area contributed by atoms with E-state index >= 15 is 0 Å². The summed E-state index contributed by atoms with van der Waals surface area (Å²) in [5.74, 6) is 0.0260. The summed E-state index contributed by atoms with van der Waals surface area (Å²) in [5, 5.41) is 39.8. The monoisotopic (exact) mass is 370 g/mol. The maximum atomic E-state index is 10.3. The van der Waals surface area contributed by atoms with Gasteiger partial charge in [0.25, 0.3) is 0 Å². The molecule has 0 radical (unpaired) electrons. The molecular weight excluding hydrogens is 352 g/mol. The van der Waals surface area contributed by atoms with Gasteiger partial charge in [0.05, 0.1) is 18.6 Å². The minimum atomic E-state index is -1.24. The summed E-state index contributed by atoms with van der Waals surface area (Å²) >= 11 is 0. The van der Waals surface area contributed by atoms with Gasteiger partial charge < -0.3 is 25.2 Å². The van der Waals surface area contributed by atoms with Crippen molar-refractivity contribution in [1.29, 1.82) is 0 Å². The fraction of sp³-hybridized carbons (Fsp3) is 0.278. The Morgan fingerprint density at radius 2 is 1.89 bits per heavy atom. The van der Waals surface area contributed by atoms with Crippen LogP contribution in [0.2, 0.25) is 0 Å². The minimum absolute atomic E-state index is 0.0260. The van der Waals surface area contributed by atoms with Gasteiger partial charge in [0.2, 0.25) is 0 Å². The highest BCUT2D eigenvalue weighted by Gasteiger charge is 2.43. The summed E-state index contributed by atoms with van der Waals surface area (Å²) in [7, 11) is 0. The fourth-order valence-electron chi connectivity index (χ4n) is 3.09. The zero-order valence-corrected chi connectivity index (χ0v) is 14.1. The topological polar surface area (TPSA) is 134 Å². The quantitative estimate of drug-likeness (QED) is 0.488. The summed E-state index contributed by atoms with van der Waals surface area (Å²) in [5.41, 5.74) is 1.80. The van der Waals surface area contributed by atoms with Crippen molar-refractivity contribution >= 4 is 23.0 Å². The van der Waals surface area contributed by atoms with Gasteiger partial charge in [-0.3, -0.25) is 4.57 Å². The van der Waals surface area contributed by atoms with Crippen LogP contribution in [0.5, 0.6) is 0 Å². The molecule has 140 valence electrons. The zero-order chi connectivity index (χ0) is 19.0. The average Bonchev–Trinajstić information content (AvgIpc) is 3.25. The van der Waals surface area contributed by atoms with Gasteiger partial charge in [0.15, 0.2) is 11.9 Å². The van der Waals surface area contributed by atoms with E-state index < -0.39 is 31.1 Å². The van der Waals surface area contributed by atoms with Crippen molar-refractivity contribution < 1.29 is 25.2 Å². The molecule has 1 aliphatic heterocycles. The number of rotatable bonds is 4. The molecule has 4 atom stereocenters. The Kier molecular flexibility index (Phi) is 4.58. The first-order valence-electron chi connectivity index (χ1n) is 8.36. The van der Waals surface area contributed by atoms with Crippen LogP contribution in [0.25, 0.3) is 23.0 Å². The van der Waals surface area contributed by atoms with Crippen molar-refractivity contribution in [2.75, 3.05) is 6.61 Å². The van der Waals surface area contributed by atoms with Crippen LogP contribution >= 0.6 is 0 Å². The fourth-order valence-corrected chi connectivity index (χ4v) is 3.09. The molecule has 0 unspecified atom stereocenters. The minimum Gasteiger partial charge on any atom is -0.507 e. The molecule has 2 aromatic heterocycles. The Bertz CT molecular complexity index is 974. The van der Waals surface area contributed by atoms with E-state index in [2.05, 4.69) is 15.0 Å². The van der Waals surface area contributed by atoms with E-state index in [-0.39, 0.29) is 5.76 Å². The Labute approximate surface area is 153 Å². The number of hydrogen-bond donors (Lipinski definition) is 4. The number of aromatic nitrogens is 4. The molecule has 4 rings (SSSR count). The Hall–Kier alpha value is -2.85. The second-order valence-electron chi connectivity index (χ2n) is 6.21. The smallest absolute Gasteiger partial charge is 0.166 e. The summed E-state index contributed by atoms with van der Waals surface area (Å²) in [6, 6.07) is 9.00. The van der Waals surface area contributed by atoms with Gasteiger partial charge in [-0.25, -0.2) is 15.0 Å². The summed E-state index contributed by atoms with van der Waals surface area (Å²) in [6.45, 7) is -0.421. The van der Waals surface area contributed by atoms with E-state index in [0.717, 1.165) is 0 Å². The SMILES string of the molecule is OC[C@@H]1O[C@H](n2cnc3c(C=C(O)c4ccccc4)ncnc32)[C@H](O)[C@H]1O. The highest BCUT2D eigenvalue weighted by molar-refractivity contribution is 5.86. The molecule has 0 saturated carbocycles. The number of ether oxygens (including phenoxy) is 1. The molecule has 9 nitrogen and oxygen atoms in total. The van der Waals surface area contributed by atoms with Crippen LogP contribution < -0.4 is 0 Å². The van der Waals surface area contributed by atoms with E-state index in [1.54, 1.807) is 12.1 Å². The third-order valence-electron chi connectivity index (χ3n) is 4.52. The number of aliphatic hydroxyl groups is 4. The van der Waals surface area contributed by atoms with Gasteiger partial charge in [-0.2, -0.15) is 0 Å². The molecule has 1 saturated heterocycles. The lowest BCUT2D eigenvalue weighted by molar-refractivity contribution is -0.0511. The van der Waals surface area contributed by atoms with E-state index in [4.69, 9.17) is 4.74 Å². The lowest BCUT2D eigenvalue weighted by Crippen LogP contribution is -2.33. The van der Waals surface area contributed by atoms with Crippen molar-refractivity contribution in [3.05, 3.63) is 54.2 Å². The Balaban J connectivity index is 1.73. The van der Waals surface area contributed by atoms with Gasteiger partial charge in [-0.05, 0) is 0 Å². The van der Waals surface area contributed by atoms with Crippen LogP contribution in [-0.4, -0.2) is 64.9 Å². The van der Waals surface area contributed by atoms with Gasteiger partial charge >= 0.3 is 0 Å². The van der Waals surface area contributed by atoms with Crippen molar-refractivity contribution in [2.24, 2.45) is 0 Å². The molecule has 1 aromatic carbocycles. The molecule has 0 aliphatic carbocycles. The van der Waals surface area contributed by atoms with Crippen molar-refractivity contribution in [1.82, 2.24) is 19.5 Å². The second kappa shape index (κ2) is 7.05. The molecule has 3 heterocycles. The normalized spacial score (nSPS) is 26.0. The van der Waals surface area contributed by atoms with Crippen LogP contribution in [-0.2, 0) is 4.74 Å². The Morgan fingerprint density at radius 3 is 2.59 bits per heavy atom. The summed E-state index contributed by atoms with van der Waals surface area (Å²) < 4.78 is 7.00. The largest absolute Gasteiger partial charge is 0.507 e. The maximum absolute atomic E-state index is 10.3. The van der Waals surface area contributed by atoms with Gasteiger partial charge in [0.1, 0.15) is 35.9 Å². The molecule has 0 amide bonds. The first kappa shape index (κ1) is 17.6. The predicted molar refractivity (Wildman–Crippen MR) is 95.3 cm³/mol. The molecule has 1 fully saturated rings. The highest BCUT2D eigenvalue weighted by atomic mass is 16.6. The molecule has 4 N–H and O–H groups in total. The molecule has 27 heavy (non-hydrogen) atoms. The number of imidazole rings is 1. The second-order valence-corrected chi connectivity index (χ2v) is 6.21. The van der Waals surface area contributed by atoms with Crippen LogP contribution in [0.1, 0.15) is 17.5 Å². The van der Waals surface area contributed by atoms with E-state index in [1.807, 2.05) is 18.2 Å². The predicted octanol–water partition coefficient (Wildman–Crippen LogP) is 0.494. The van der Waals surface area contributed by atoms with Crippen LogP contribution in [0, 0.1) is 0 Å². The van der Waals surface area contributed by atoms with Crippen molar-refractivity contribution in [3.63, 3.8) is 0 Å². The number of nitrogens with zero attached hydrogens (tertiary/aromatic N) is 4. The van der Waals surface area contributed by atoms with Gasteiger partial charge in [-0.15, -0.1) is 0 Å². The van der Waals surface area contributed by atoms with Crippen LogP contribution in [0.4, 0.5) is 0 Å². The lowest BCUT2D eigenvalue weighted by Gasteiger charge is -2.16. The Morgan fingerprint density at radius 1 is 1.11 bits per heavy atom.